The third-order valence-corrected chi connectivity index (χ3v) is 5.13. The van der Waals surface area contributed by atoms with E-state index in [0.29, 0.717) is 23.1 Å². The highest BCUT2D eigenvalue weighted by Gasteiger charge is 2.38. The topological polar surface area (TPSA) is 85.0 Å². The molecule has 0 radical (unpaired) electrons. The number of ether oxygens (including phenoxy) is 1. The lowest BCUT2D eigenvalue weighted by Crippen LogP contribution is -2.33. The Morgan fingerprint density at radius 1 is 1.22 bits per heavy atom. The van der Waals surface area contributed by atoms with Crippen LogP contribution in [-0.2, 0) is 16.1 Å². The maximum absolute atomic E-state index is 13.1. The molecule has 140 valence electrons. The van der Waals surface area contributed by atoms with Gasteiger partial charge in [-0.2, -0.15) is 0 Å². The summed E-state index contributed by atoms with van der Waals surface area (Å²) in [6, 6.07) is 13.0. The first-order valence-corrected chi connectivity index (χ1v) is 9.08. The van der Waals surface area contributed by atoms with Gasteiger partial charge in [-0.05, 0) is 42.0 Å². The number of benzene rings is 2. The monoisotopic (exact) mass is 387 g/mol. The highest BCUT2D eigenvalue weighted by Crippen LogP contribution is 2.32. The molecule has 1 aliphatic rings. The number of nitrogens with two attached hydrogens (primary N) is 1. The van der Waals surface area contributed by atoms with E-state index in [2.05, 4.69) is 4.99 Å². The summed E-state index contributed by atoms with van der Waals surface area (Å²) in [6.45, 7) is 0.297. The Bertz CT molecular complexity index is 869. The van der Waals surface area contributed by atoms with E-state index in [4.69, 9.17) is 10.5 Å². The average molecular weight is 387 g/mol. The maximum Gasteiger partial charge on any atom is 0.242 e. The van der Waals surface area contributed by atoms with Crippen molar-refractivity contribution in [1.82, 2.24) is 4.90 Å². The molecule has 6 nitrogen and oxygen atoms in total. The lowest BCUT2D eigenvalue weighted by atomic mass is 10.2. The molecule has 1 heterocycles. The number of primary amides is 1. The Hall–Kier alpha value is -2.87. The number of hydrogen-bond acceptors (Lipinski definition) is 5. The van der Waals surface area contributed by atoms with Crippen LogP contribution in [0.2, 0.25) is 0 Å². The molecule has 0 spiro atoms. The van der Waals surface area contributed by atoms with Crippen molar-refractivity contribution in [3.63, 3.8) is 0 Å². The smallest absolute Gasteiger partial charge is 0.242 e. The highest BCUT2D eigenvalue weighted by atomic mass is 32.2. The SMILES string of the molecule is COc1ccc(CN2C(=O)[C@@H](CC(N)=O)SC2=Nc2ccc(F)cc2)cc1. The third kappa shape index (κ3) is 4.65. The number of aliphatic imine (C=N–C) groups is 1. The normalized spacial score (nSPS) is 18.1. The van der Waals surface area contributed by atoms with Crippen molar-refractivity contribution < 1.29 is 18.7 Å². The van der Waals surface area contributed by atoms with Gasteiger partial charge in [-0.1, -0.05) is 23.9 Å². The van der Waals surface area contributed by atoms with Gasteiger partial charge < -0.3 is 10.5 Å². The van der Waals surface area contributed by atoms with E-state index in [1.165, 1.54) is 40.9 Å². The van der Waals surface area contributed by atoms with Crippen LogP contribution in [0.1, 0.15) is 12.0 Å². The van der Waals surface area contributed by atoms with Gasteiger partial charge in [-0.25, -0.2) is 9.38 Å². The van der Waals surface area contributed by atoms with Crippen molar-refractivity contribution in [3.05, 3.63) is 59.9 Å². The summed E-state index contributed by atoms with van der Waals surface area (Å²) in [5, 5.41) is -0.159. The fraction of sp³-hybridized carbons (Fsp3) is 0.211. The molecule has 1 saturated heterocycles. The molecular weight excluding hydrogens is 369 g/mol. The fourth-order valence-corrected chi connectivity index (χ4v) is 3.76. The zero-order valence-corrected chi connectivity index (χ0v) is 15.4. The minimum Gasteiger partial charge on any atom is -0.497 e. The lowest BCUT2D eigenvalue weighted by Gasteiger charge is -2.17. The Balaban J connectivity index is 1.88. The van der Waals surface area contributed by atoms with E-state index in [-0.39, 0.29) is 18.1 Å². The van der Waals surface area contributed by atoms with Gasteiger partial charge in [0.2, 0.25) is 11.8 Å². The molecule has 0 bridgehead atoms. The molecule has 8 heteroatoms. The number of carbonyl (C=O) groups is 2. The van der Waals surface area contributed by atoms with Gasteiger partial charge in [0.1, 0.15) is 16.8 Å². The summed E-state index contributed by atoms with van der Waals surface area (Å²) in [6.07, 6.45) is -0.0644. The molecule has 0 aromatic heterocycles. The van der Waals surface area contributed by atoms with Crippen molar-refractivity contribution in [1.29, 1.82) is 0 Å². The predicted octanol–water partition coefficient (Wildman–Crippen LogP) is 2.84. The Kier molecular flexibility index (Phi) is 5.75. The zero-order chi connectivity index (χ0) is 19.4. The van der Waals surface area contributed by atoms with Gasteiger partial charge in [0.15, 0.2) is 5.17 Å². The van der Waals surface area contributed by atoms with Gasteiger partial charge in [-0.3, -0.25) is 14.5 Å². The van der Waals surface area contributed by atoms with Gasteiger partial charge in [0.05, 0.1) is 19.3 Å². The van der Waals surface area contributed by atoms with Crippen molar-refractivity contribution >= 4 is 34.4 Å². The van der Waals surface area contributed by atoms with Gasteiger partial charge in [0, 0.05) is 6.42 Å². The summed E-state index contributed by atoms with van der Waals surface area (Å²) in [5.74, 6) is -0.424. The van der Waals surface area contributed by atoms with E-state index in [1.807, 2.05) is 12.1 Å². The van der Waals surface area contributed by atoms with Crippen molar-refractivity contribution in [2.75, 3.05) is 7.11 Å². The van der Waals surface area contributed by atoms with Crippen LogP contribution >= 0.6 is 11.8 Å². The molecule has 1 atom stereocenters. The Morgan fingerprint density at radius 2 is 1.89 bits per heavy atom. The highest BCUT2D eigenvalue weighted by molar-refractivity contribution is 8.15. The Morgan fingerprint density at radius 3 is 2.48 bits per heavy atom. The zero-order valence-electron chi connectivity index (χ0n) is 14.6. The van der Waals surface area contributed by atoms with Crippen molar-refractivity contribution in [3.8, 4) is 5.75 Å². The van der Waals surface area contributed by atoms with Crippen LogP contribution in [0.3, 0.4) is 0 Å². The van der Waals surface area contributed by atoms with Crippen LogP contribution in [0, 0.1) is 5.82 Å². The molecule has 1 aliphatic heterocycles. The number of amides is 2. The maximum atomic E-state index is 13.1. The van der Waals surface area contributed by atoms with E-state index in [9.17, 15) is 14.0 Å². The molecule has 0 unspecified atom stereocenters. The van der Waals surface area contributed by atoms with Crippen LogP contribution in [0.25, 0.3) is 0 Å². The molecule has 1 fully saturated rings. The van der Waals surface area contributed by atoms with Crippen molar-refractivity contribution in [2.45, 2.75) is 18.2 Å². The minimum absolute atomic E-state index is 0.0644. The minimum atomic E-state index is -0.611. The molecule has 2 N–H and O–H groups in total. The second-order valence-corrected chi connectivity index (χ2v) is 7.09. The van der Waals surface area contributed by atoms with Crippen LogP contribution in [-0.4, -0.2) is 34.2 Å². The first-order valence-electron chi connectivity index (χ1n) is 8.20. The van der Waals surface area contributed by atoms with Crippen LogP contribution in [0.15, 0.2) is 53.5 Å². The quantitative estimate of drug-likeness (QED) is 0.826. The molecular formula is C19H18FN3O3S. The molecule has 27 heavy (non-hydrogen) atoms. The predicted molar refractivity (Wildman–Crippen MR) is 102 cm³/mol. The molecule has 2 amide bonds. The number of methoxy groups -OCH3 is 1. The molecule has 2 aromatic carbocycles. The first-order chi connectivity index (χ1) is 13.0. The van der Waals surface area contributed by atoms with Crippen LogP contribution in [0.5, 0.6) is 5.75 Å². The fourth-order valence-electron chi connectivity index (χ4n) is 2.59. The first kappa shape index (κ1) is 18.9. The number of thioether (sulfide) groups is 1. The van der Waals surface area contributed by atoms with Gasteiger partial charge >= 0.3 is 0 Å². The number of carbonyl (C=O) groups excluding carboxylic acids is 2. The largest absolute Gasteiger partial charge is 0.497 e. The lowest BCUT2D eigenvalue weighted by molar-refractivity contribution is -0.128. The average Bonchev–Trinajstić information content (AvgIpc) is 2.92. The summed E-state index contributed by atoms with van der Waals surface area (Å²) >= 11 is 1.19. The summed E-state index contributed by atoms with van der Waals surface area (Å²) in [4.78, 5) is 30.0. The third-order valence-electron chi connectivity index (χ3n) is 3.96. The molecule has 0 aliphatic carbocycles. The van der Waals surface area contributed by atoms with Crippen LogP contribution in [0.4, 0.5) is 10.1 Å². The second kappa shape index (κ2) is 8.22. The van der Waals surface area contributed by atoms with Crippen LogP contribution < -0.4 is 10.5 Å². The number of nitrogens with zero attached hydrogens (tertiary/aromatic N) is 2. The molecule has 0 saturated carbocycles. The number of amidine groups is 1. The standard InChI is InChI=1S/C19H18FN3O3S/c1-26-15-8-2-12(3-9-15)11-23-18(25)16(10-17(21)24)27-19(23)22-14-6-4-13(20)5-7-14/h2-9,16H,10-11H2,1H3,(H2,21,24)/t16-/m1/s1. The summed E-state index contributed by atoms with van der Waals surface area (Å²) in [7, 11) is 1.58. The number of halogens is 1. The second-order valence-electron chi connectivity index (χ2n) is 5.92. The van der Waals surface area contributed by atoms with Gasteiger partial charge in [-0.15, -0.1) is 0 Å². The van der Waals surface area contributed by atoms with E-state index in [1.54, 1.807) is 19.2 Å². The van der Waals surface area contributed by atoms with E-state index >= 15 is 0 Å². The van der Waals surface area contributed by atoms with E-state index in [0.717, 1.165) is 5.56 Å². The summed E-state index contributed by atoms with van der Waals surface area (Å²) < 4.78 is 18.3. The van der Waals surface area contributed by atoms with E-state index < -0.39 is 11.2 Å². The number of hydrogen-bond donors (Lipinski definition) is 1. The molecule has 3 rings (SSSR count). The number of rotatable bonds is 6. The summed E-state index contributed by atoms with van der Waals surface area (Å²) in [5.41, 5.74) is 6.67. The molecule has 2 aromatic rings. The van der Waals surface area contributed by atoms with Crippen molar-refractivity contribution in [2.24, 2.45) is 10.7 Å². The Labute approximate surface area is 160 Å². The van der Waals surface area contributed by atoms with Gasteiger partial charge in [0.25, 0.3) is 0 Å².